The molecule has 0 saturated carbocycles. The van der Waals surface area contributed by atoms with Crippen molar-refractivity contribution < 1.29 is 19.4 Å². The Bertz CT molecular complexity index is 504. The molecule has 6 heteroatoms. The fourth-order valence-electron chi connectivity index (χ4n) is 1.96. The third-order valence-electron chi connectivity index (χ3n) is 2.88. The normalized spacial score (nSPS) is 11.8. The molecule has 1 aromatic rings. The van der Waals surface area contributed by atoms with E-state index in [-0.39, 0.29) is 16.7 Å². The number of amides is 1. The van der Waals surface area contributed by atoms with Crippen molar-refractivity contribution in [3.63, 3.8) is 0 Å². The van der Waals surface area contributed by atoms with E-state index in [0.29, 0.717) is 18.0 Å². The highest BCUT2D eigenvalue weighted by atomic mass is 35.5. The van der Waals surface area contributed by atoms with Crippen LogP contribution in [0.5, 0.6) is 5.75 Å². The number of aliphatic carboxylic acids is 1. The van der Waals surface area contributed by atoms with Gasteiger partial charge in [-0.1, -0.05) is 38.3 Å². The van der Waals surface area contributed by atoms with Crippen molar-refractivity contribution in [2.24, 2.45) is 5.92 Å². The minimum absolute atomic E-state index is 0.0637. The zero-order valence-electron chi connectivity index (χ0n) is 12.2. The first-order valence-corrected chi connectivity index (χ1v) is 7.24. The molecule has 0 aliphatic rings. The molecule has 5 nitrogen and oxygen atoms in total. The van der Waals surface area contributed by atoms with Crippen molar-refractivity contribution in [1.82, 2.24) is 0 Å². The van der Waals surface area contributed by atoms with Gasteiger partial charge in [0.15, 0.2) is 6.61 Å². The van der Waals surface area contributed by atoms with Crippen LogP contribution in [0.25, 0.3) is 0 Å². The van der Waals surface area contributed by atoms with E-state index in [4.69, 9.17) is 21.4 Å². The summed E-state index contributed by atoms with van der Waals surface area (Å²) in [6.07, 6.45) is 2.52. The number of hydrogen-bond acceptors (Lipinski definition) is 3. The number of carboxylic acid groups (broad SMARTS) is 1. The summed E-state index contributed by atoms with van der Waals surface area (Å²) in [6, 6.07) is 4.71. The maximum absolute atomic E-state index is 11.8. The Labute approximate surface area is 129 Å². The number of nitrogens with one attached hydrogen (secondary N) is 1. The van der Waals surface area contributed by atoms with Crippen LogP contribution >= 0.6 is 11.6 Å². The molecule has 0 radical (unpaired) electrons. The van der Waals surface area contributed by atoms with Gasteiger partial charge in [-0.25, -0.2) is 4.79 Å². The first-order chi connectivity index (χ1) is 9.92. The zero-order chi connectivity index (χ0) is 15.8. The van der Waals surface area contributed by atoms with E-state index in [2.05, 4.69) is 12.2 Å². The predicted molar refractivity (Wildman–Crippen MR) is 81.9 cm³/mol. The molecule has 1 atom stereocenters. The predicted octanol–water partition coefficient (Wildman–Crippen LogP) is 3.57. The number of hydrogen-bond donors (Lipinski definition) is 2. The molecular weight excluding hydrogens is 294 g/mol. The Morgan fingerprint density at radius 3 is 2.71 bits per heavy atom. The molecule has 0 heterocycles. The first-order valence-electron chi connectivity index (χ1n) is 6.86. The number of carbonyl (C=O) groups is 2. The molecule has 0 fully saturated rings. The van der Waals surface area contributed by atoms with Crippen LogP contribution in [0.15, 0.2) is 18.2 Å². The summed E-state index contributed by atoms with van der Waals surface area (Å²) in [5, 5.41) is 11.6. The summed E-state index contributed by atoms with van der Waals surface area (Å²) in [6.45, 7) is 3.67. The highest BCUT2D eigenvalue weighted by Crippen LogP contribution is 2.27. The summed E-state index contributed by atoms with van der Waals surface area (Å²) in [5.41, 5.74) is 0.566. The van der Waals surface area contributed by atoms with Crippen LogP contribution in [0, 0.1) is 5.92 Å². The Kier molecular flexibility index (Phi) is 7.02. The highest BCUT2D eigenvalue weighted by molar-refractivity contribution is 6.32. The van der Waals surface area contributed by atoms with E-state index < -0.39 is 12.6 Å². The lowest BCUT2D eigenvalue weighted by Gasteiger charge is -2.12. The molecule has 0 saturated heterocycles. The molecule has 2 N–H and O–H groups in total. The van der Waals surface area contributed by atoms with E-state index in [0.717, 1.165) is 12.8 Å². The second-order valence-electron chi connectivity index (χ2n) is 4.97. The van der Waals surface area contributed by atoms with Gasteiger partial charge in [0.1, 0.15) is 5.75 Å². The first kappa shape index (κ1) is 17.3. The van der Waals surface area contributed by atoms with Gasteiger partial charge in [0, 0.05) is 12.1 Å². The Morgan fingerprint density at radius 2 is 2.14 bits per heavy atom. The largest absolute Gasteiger partial charge is 0.480 e. The van der Waals surface area contributed by atoms with Gasteiger partial charge in [-0.3, -0.25) is 4.79 Å². The van der Waals surface area contributed by atoms with Gasteiger partial charge in [0.2, 0.25) is 5.91 Å². The Balaban J connectivity index is 2.58. The van der Waals surface area contributed by atoms with Crippen molar-refractivity contribution in [2.45, 2.75) is 33.1 Å². The van der Waals surface area contributed by atoms with Crippen LogP contribution in [0.1, 0.15) is 33.1 Å². The minimum Gasteiger partial charge on any atom is -0.480 e. The molecule has 116 valence electrons. The fraction of sp³-hybridized carbons (Fsp3) is 0.467. The van der Waals surface area contributed by atoms with Crippen LogP contribution in [0.3, 0.4) is 0 Å². The van der Waals surface area contributed by atoms with Crippen molar-refractivity contribution in [1.29, 1.82) is 0 Å². The van der Waals surface area contributed by atoms with Gasteiger partial charge >= 0.3 is 5.97 Å². The highest BCUT2D eigenvalue weighted by Gasteiger charge is 2.10. The minimum atomic E-state index is -1.08. The van der Waals surface area contributed by atoms with Gasteiger partial charge in [-0.15, -0.1) is 0 Å². The average Bonchev–Trinajstić information content (AvgIpc) is 2.37. The maximum Gasteiger partial charge on any atom is 0.341 e. The smallest absolute Gasteiger partial charge is 0.341 e. The van der Waals surface area contributed by atoms with Crippen LogP contribution < -0.4 is 10.1 Å². The number of carboxylic acids is 1. The summed E-state index contributed by atoms with van der Waals surface area (Å²) >= 11 is 5.98. The monoisotopic (exact) mass is 313 g/mol. The second kappa shape index (κ2) is 8.52. The molecule has 0 aliphatic carbocycles. The number of ether oxygens (including phenoxy) is 1. The van der Waals surface area contributed by atoms with Gasteiger partial charge in [0.05, 0.1) is 5.02 Å². The third-order valence-corrected chi connectivity index (χ3v) is 3.18. The Hall–Kier alpha value is -1.75. The van der Waals surface area contributed by atoms with E-state index in [1.54, 1.807) is 12.1 Å². The number of anilines is 1. The van der Waals surface area contributed by atoms with Crippen molar-refractivity contribution in [3.8, 4) is 5.75 Å². The van der Waals surface area contributed by atoms with Crippen molar-refractivity contribution in [2.75, 3.05) is 11.9 Å². The molecule has 21 heavy (non-hydrogen) atoms. The summed E-state index contributed by atoms with van der Waals surface area (Å²) in [4.78, 5) is 22.3. The topological polar surface area (TPSA) is 75.6 Å². The third kappa shape index (κ3) is 6.49. The van der Waals surface area contributed by atoms with Crippen LogP contribution in [0.2, 0.25) is 5.02 Å². The second-order valence-corrected chi connectivity index (χ2v) is 5.38. The van der Waals surface area contributed by atoms with E-state index in [9.17, 15) is 9.59 Å². The number of halogens is 1. The lowest BCUT2D eigenvalue weighted by Crippen LogP contribution is -2.15. The lowest BCUT2D eigenvalue weighted by atomic mass is 10.0. The summed E-state index contributed by atoms with van der Waals surface area (Å²) in [5.74, 6) is -0.528. The molecule has 1 rings (SSSR count). The van der Waals surface area contributed by atoms with Crippen molar-refractivity contribution >= 4 is 29.2 Å². The number of benzene rings is 1. The van der Waals surface area contributed by atoms with Crippen molar-refractivity contribution in [3.05, 3.63) is 23.2 Å². The van der Waals surface area contributed by atoms with Gasteiger partial charge in [-0.05, 0) is 24.1 Å². The van der Waals surface area contributed by atoms with Crippen LogP contribution in [-0.4, -0.2) is 23.6 Å². The molecule has 0 aliphatic heterocycles. The van der Waals surface area contributed by atoms with E-state index in [1.807, 2.05) is 6.92 Å². The SMILES string of the molecule is CCCC(C)CC(=O)Nc1ccc(OCC(=O)O)c(Cl)c1. The maximum atomic E-state index is 11.8. The lowest BCUT2D eigenvalue weighted by molar-refractivity contribution is -0.139. The molecule has 0 aromatic heterocycles. The summed E-state index contributed by atoms with van der Waals surface area (Å²) < 4.78 is 5.01. The van der Waals surface area contributed by atoms with Crippen LogP contribution in [-0.2, 0) is 9.59 Å². The zero-order valence-corrected chi connectivity index (χ0v) is 12.9. The standard InChI is InChI=1S/C15H20ClNO4/c1-3-4-10(2)7-14(18)17-11-5-6-13(12(16)8-11)21-9-15(19)20/h5-6,8,10H,3-4,7,9H2,1-2H3,(H,17,18)(H,19,20). The van der Waals surface area contributed by atoms with E-state index in [1.165, 1.54) is 6.07 Å². The van der Waals surface area contributed by atoms with E-state index >= 15 is 0 Å². The molecular formula is C15H20ClNO4. The molecule has 0 bridgehead atoms. The molecule has 1 unspecified atom stereocenters. The van der Waals surface area contributed by atoms with Crippen LogP contribution in [0.4, 0.5) is 5.69 Å². The quantitative estimate of drug-likeness (QED) is 0.769. The molecule has 1 amide bonds. The number of rotatable bonds is 8. The fourth-order valence-corrected chi connectivity index (χ4v) is 2.19. The molecule has 0 spiro atoms. The number of carbonyl (C=O) groups excluding carboxylic acids is 1. The average molecular weight is 314 g/mol. The van der Waals surface area contributed by atoms with Gasteiger partial charge < -0.3 is 15.2 Å². The summed E-state index contributed by atoms with van der Waals surface area (Å²) in [7, 11) is 0. The Morgan fingerprint density at radius 1 is 1.43 bits per heavy atom. The van der Waals surface area contributed by atoms with Gasteiger partial charge in [0.25, 0.3) is 0 Å². The molecule has 1 aromatic carbocycles. The van der Waals surface area contributed by atoms with Gasteiger partial charge in [-0.2, -0.15) is 0 Å².